The molecule has 0 aliphatic heterocycles. The van der Waals surface area contributed by atoms with Gasteiger partial charge >= 0.3 is 0 Å². The van der Waals surface area contributed by atoms with Crippen LogP contribution in [0.25, 0.3) is 0 Å². The lowest BCUT2D eigenvalue weighted by Gasteiger charge is -2.10. The van der Waals surface area contributed by atoms with Gasteiger partial charge in [-0.2, -0.15) is 4.98 Å². The third-order valence-corrected chi connectivity index (χ3v) is 2.76. The average molecular weight is 282 g/mol. The molecular formula is C14H26N4O2. The lowest BCUT2D eigenvalue weighted by atomic mass is 9.96. The number of rotatable bonds is 8. The molecule has 0 fully saturated rings. The molecule has 20 heavy (non-hydrogen) atoms. The first-order valence-corrected chi connectivity index (χ1v) is 7.24. The second-order valence-corrected chi connectivity index (χ2v) is 5.86. The molecule has 0 atom stereocenters. The second-order valence-electron chi connectivity index (χ2n) is 5.86. The first-order chi connectivity index (χ1) is 9.43. The number of aromatic nitrogens is 2. The van der Waals surface area contributed by atoms with E-state index in [1.807, 2.05) is 20.8 Å². The van der Waals surface area contributed by atoms with Crippen molar-refractivity contribution in [1.29, 1.82) is 0 Å². The van der Waals surface area contributed by atoms with Gasteiger partial charge in [0, 0.05) is 31.3 Å². The van der Waals surface area contributed by atoms with Crippen LogP contribution in [-0.4, -0.2) is 35.7 Å². The predicted molar refractivity (Wildman–Crippen MR) is 77.5 cm³/mol. The van der Waals surface area contributed by atoms with Gasteiger partial charge < -0.3 is 15.2 Å². The number of nitrogens with one attached hydrogen (secondary N) is 2. The normalized spacial score (nSPS) is 11.6. The average Bonchev–Trinajstić information content (AvgIpc) is 2.85. The summed E-state index contributed by atoms with van der Waals surface area (Å²) in [5.74, 6) is 1.21. The van der Waals surface area contributed by atoms with Gasteiger partial charge in [0.15, 0.2) is 5.82 Å². The van der Waals surface area contributed by atoms with E-state index in [4.69, 9.17) is 4.52 Å². The Morgan fingerprint density at radius 1 is 1.25 bits per heavy atom. The Balaban J connectivity index is 2.22. The van der Waals surface area contributed by atoms with Gasteiger partial charge in [-0.25, -0.2) is 0 Å². The highest BCUT2D eigenvalue weighted by atomic mass is 16.5. The molecule has 1 aromatic rings. The molecule has 0 aliphatic carbocycles. The molecule has 0 aliphatic rings. The van der Waals surface area contributed by atoms with Gasteiger partial charge in [0.25, 0.3) is 0 Å². The van der Waals surface area contributed by atoms with E-state index in [9.17, 15) is 4.79 Å². The number of nitrogens with zero attached hydrogens (tertiary/aromatic N) is 2. The van der Waals surface area contributed by atoms with Crippen LogP contribution in [0.3, 0.4) is 0 Å². The maximum Gasteiger partial charge on any atom is 0.227 e. The maximum absolute atomic E-state index is 11.6. The van der Waals surface area contributed by atoms with Crippen molar-refractivity contribution in [3.05, 3.63) is 11.7 Å². The van der Waals surface area contributed by atoms with Crippen LogP contribution in [0, 0.1) is 0 Å². The predicted octanol–water partition coefficient (Wildman–Crippen LogP) is 1.42. The Hall–Kier alpha value is -1.43. The summed E-state index contributed by atoms with van der Waals surface area (Å²) in [6.45, 7) is 10.6. The van der Waals surface area contributed by atoms with E-state index in [0.717, 1.165) is 19.5 Å². The van der Waals surface area contributed by atoms with Gasteiger partial charge in [0.1, 0.15) is 0 Å². The van der Waals surface area contributed by atoms with Crippen molar-refractivity contribution in [3.8, 4) is 0 Å². The fraction of sp³-hybridized carbons (Fsp3) is 0.786. The highest BCUT2D eigenvalue weighted by Gasteiger charge is 2.20. The first kappa shape index (κ1) is 16.6. The molecule has 2 N–H and O–H groups in total. The zero-order valence-corrected chi connectivity index (χ0v) is 13.0. The van der Waals surface area contributed by atoms with Crippen LogP contribution < -0.4 is 10.6 Å². The van der Waals surface area contributed by atoms with Gasteiger partial charge in [-0.1, -0.05) is 32.9 Å². The zero-order chi connectivity index (χ0) is 15.0. The minimum Gasteiger partial charge on any atom is -0.355 e. The summed E-state index contributed by atoms with van der Waals surface area (Å²) in [7, 11) is 0. The van der Waals surface area contributed by atoms with E-state index in [1.165, 1.54) is 0 Å². The molecule has 0 spiro atoms. The number of hydrogen-bond acceptors (Lipinski definition) is 5. The van der Waals surface area contributed by atoms with Crippen molar-refractivity contribution in [3.63, 3.8) is 0 Å². The first-order valence-electron chi connectivity index (χ1n) is 7.24. The van der Waals surface area contributed by atoms with Gasteiger partial charge in [0.2, 0.25) is 11.8 Å². The van der Waals surface area contributed by atoms with Gasteiger partial charge in [-0.3, -0.25) is 4.79 Å². The zero-order valence-electron chi connectivity index (χ0n) is 13.0. The van der Waals surface area contributed by atoms with E-state index in [0.29, 0.717) is 31.1 Å². The van der Waals surface area contributed by atoms with Crippen LogP contribution in [0.1, 0.15) is 52.3 Å². The summed E-state index contributed by atoms with van der Waals surface area (Å²) in [5.41, 5.74) is -0.130. The molecular weight excluding hydrogens is 256 g/mol. The Morgan fingerprint density at radius 3 is 2.60 bits per heavy atom. The molecule has 0 saturated carbocycles. The largest absolute Gasteiger partial charge is 0.355 e. The molecule has 1 amide bonds. The lowest BCUT2D eigenvalue weighted by molar-refractivity contribution is -0.121. The van der Waals surface area contributed by atoms with Crippen molar-refractivity contribution in [2.24, 2.45) is 0 Å². The summed E-state index contributed by atoms with van der Waals surface area (Å²) < 4.78 is 5.15. The van der Waals surface area contributed by atoms with E-state index in [1.54, 1.807) is 0 Å². The SMILES string of the molecule is CCCNCCNC(=O)CCc1nc(C(C)(C)C)no1. The Kier molecular flexibility index (Phi) is 6.64. The van der Waals surface area contributed by atoms with Crippen LogP contribution in [0.2, 0.25) is 0 Å². The molecule has 1 rings (SSSR count). The van der Waals surface area contributed by atoms with E-state index >= 15 is 0 Å². The topological polar surface area (TPSA) is 80.0 Å². The molecule has 0 saturated heterocycles. The molecule has 6 heteroatoms. The van der Waals surface area contributed by atoms with Crippen LogP contribution in [-0.2, 0) is 16.6 Å². The molecule has 0 unspecified atom stereocenters. The molecule has 0 radical (unpaired) electrons. The van der Waals surface area contributed by atoms with E-state index in [-0.39, 0.29) is 11.3 Å². The van der Waals surface area contributed by atoms with Crippen molar-refractivity contribution < 1.29 is 9.32 Å². The second kappa shape index (κ2) is 7.99. The highest BCUT2D eigenvalue weighted by Crippen LogP contribution is 2.18. The molecule has 0 bridgehead atoms. The molecule has 114 valence electrons. The minimum atomic E-state index is -0.130. The fourth-order valence-electron chi connectivity index (χ4n) is 1.56. The lowest BCUT2D eigenvalue weighted by Crippen LogP contribution is -2.32. The standard InChI is InChI=1S/C14H26N4O2/c1-5-8-15-9-10-16-11(19)6-7-12-17-13(18-20-12)14(2,3)4/h15H,5-10H2,1-4H3,(H,16,19). The van der Waals surface area contributed by atoms with Gasteiger partial charge in [0.05, 0.1) is 0 Å². The van der Waals surface area contributed by atoms with Crippen molar-refractivity contribution in [2.45, 2.75) is 52.4 Å². The van der Waals surface area contributed by atoms with E-state index in [2.05, 4.69) is 27.7 Å². The summed E-state index contributed by atoms with van der Waals surface area (Å²) in [6, 6.07) is 0. The van der Waals surface area contributed by atoms with Crippen molar-refractivity contribution in [2.75, 3.05) is 19.6 Å². The third-order valence-electron chi connectivity index (χ3n) is 2.76. The van der Waals surface area contributed by atoms with Crippen LogP contribution >= 0.6 is 0 Å². The summed E-state index contributed by atoms with van der Waals surface area (Å²) in [6.07, 6.45) is 1.96. The summed E-state index contributed by atoms with van der Waals surface area (Å²) in [5, 5.41) is 10.0. The number of hydrogen-bond donors (Lipinski definition) is 2. The summed E-state index contributed by atoms with van der Waals surface area (Å²) in [4.78, 5) is 15.9. The monoisotopic (exact) mass is 282 g/mol. The molecule has 6 nitrogen and oxygen atoms in total. The van der Waals surface area contributed by atoms with Crippen molar-refractivity contribution >= 4 is 5.91 Å². The Labute approximate surface area is 120 Å². The fourth-order valence-corrected chi connectivity index (χ4v) is 1.56. The number of carbonyl (C=O) groups is 1. The minimum absolute atomic E-state index is 0.0128. The molecule has 1 heterocycles. The maximum atomic E-state index is 11.6. The quantitative estimate of drug-likeness (QED) is 0.705. The summed E-state index contributed by atoms with van der Waals surface area (Å²) >= 11 is 0. The highest BCUT2D eigenvalue weighted by molar-refractivity contribution is 5.75. The number of aryl methyl sites for hydroxylation is 1. The third kappa shape index (κ3) is 6.14. The van der Waals surface area contributed by atoms with Gasteiger partial charge in [-0.05, 0) is 13.0 Å². The number of carbonyl (C=O) groups excluding carboxylic acids is 1. The Bertz CT molecular complexity index is 410. The Morgan fingerprint density at radius 2 is 2.00 bits per heavy atom. The van der Waals surface area contributed by atoms with E-state index < -0.39 is 0 Å². The molecule has 1 aromatic heterocycles. The molecule has 0 aromatic carbocycles. The van der Waals surface area contributed by atoms with Gasteiger partial charge in [-0.15, -0.1) is 0 Å². The smallest absolute Gasteiger partial charge is 0.227 e. The van der Waals surface area contributed by atoms with Crippen molar-refractivity contribution in [1.82, 2.24) is 20.8 Å². The van der Waals surface area contributed by atoms with Crippen LogP contribution in [0.5, 0.6) is 0 Å². The van der Waals surface area contributed by atoms with Crippen LogP contribution in [0.15, 0.2) is 4.52 Å². The van der Waals surface area contributed by atoms with Crippen LogP contribution in [0.4, 0.5) is 0 Å². The number of amides is 1.